The van der Waals surface area contributed by atoms with Gasteiger partial charge in [0.25, 0.3) is 0 Å². The zero-order valence-corrected chi connectivity index (χ0v) is 18.6. The third kappa shape index (κ3) is 5.68. The van der Waals surface area contributed by atoms with Crippen LogP contribution in [0, 0.1) is 22.5 Å². The summed E-state index contributed by atoms with van der Waals surface area (Å²) in [6.45, 7) is 0.148. The predicted octanol–water partition coefficient (Wildman–Crippen LogP) is 3.84. The van der Waals surface area contributed by atoms with Crippen LogP contribution in [0.15, 0.2) is 35.5 Å². The number of ether oxygens (including phenoxy) is 1. The van der Waals surface area contributed by atoms with Crippen molar-refractivity contribution in [3.05, 3.63) is 53.5 Å². The van der Waals surface area contributed by atoms with Crippen molar-refractivity contribution >= 4 is 23.4 Å². The Bertz CT molecular complexity index is 1050. The fourth-order valence-corrected chi connectivity index (χ4v) is 4.01. The summed E-state index contributed by atoms with van der Waals surface area (Å²) in [6.07, 6.45) is 3.57. The molecule has 0 unspecified atom stereocenters. The molecule has 33 heavy (non-hydrogen) atoms. The summed E-state index contributed by atoms with van der Waals surface area (Å²) in [4.78, 5) is 25.6. The summed E-state index contributed by atoms with van der Waals surface area (Å²) in [5.41, 5.74) is -0.616. The van der Waals surface area contributed by atoms with Crippen LogP contribution in [-0.2, 0) is 16.1 Å². The number of aromatic nitrogens is 2. The first-order valence-electron chi connectivity index (χ1n) is 10.6. The Labute approximate surface area is 190 Å². The lowest BCUT2D eigenvalue weighted by Gasteiger charge is -2.30. The fourth-order valence-electron chi connectivity index (χ4n) is 4.01. The van der Waals surface area contributed by atoms with Gasteiger partial charge >= 0.3 is 5.97 Å². The molecule has 8 nitrogen and oxygen atoms in total. The van der Waals surface area contributed by atoms with Crippen molar-refractivity contribution in [3.63, 3.8) is 0 Å². The van der Waals surface area contributed by atoms with E-state index in [-0.39, 0.29) is 48.6 Å². The van der Waals surface area contributed by atoms with Crippen LogP contribution in [0.3, 0.4) is 0 Å². The van der Waals surface area contributed by atoms with E-state index in [2.05, 4.69) is 15.0 Å². The number of rotatable bonds is 9. The molecule has 1 saturated carbocycles. The minimum atomic E-state index is -0.942. The van der Waals surface area contributed by atoms with Crippen molar-refractivity contribution in [3.8, 4) is 0 Å². The molecule has 0 atom stereocenters. The number of benzene rings is 1. The van der Waals surface area contributed by atoms with Crippen LogP contribution in [0.2, 0.25) is 0 Å². The second-order valence-electron chi connectivity index (χ2n) is 8.17. The number of aliphatic carboxylic acids is 1. The van der Waals surface area contributed by atoms with E-state index in [1.54, 1.807) is 25.2 Å². The summed E-state index contributed by atoms with van der Waals surface area (Å²) in [7, 11) is 2.98. The van der Waals surface area contributed by atoms with Gasteiger partial charge in [0.05, 0.1) is 37.4 Å². The second-order valence-corrected chi connectivity index (χ2v) is 8.17. The molecule has 10 heteroatoms. The number of nitrogens with one attached hydrogen (secondary N) is 1. The van der Waals surface area contributed by atoms with Gasteiger partial charge in [-0.25, -0.2) is 18.7 Å². The Balaban J connectivity index is 1.74. The second kappa shape index (κ2) is 10.5. The molecule has 2 N–H and O–H groups in total. The largest absolute Gasteiger partial charge is 0.484 e. The number of hydrogen-bond acceptors (Lipinski definition) is 7. The number of nitrogens with zero attached hydrogens (tertiary/aromatic N) is 4. The van der Waals surface area contributed by atoms with E-state index in [1.807, 2.05) is 0 Å². The summed E-state index contributed by atoms with van der Waals surface area (Å²) in [6, 6.07) is 6.23. The number of hydrogen-bond donors (Lipinski definition) is 2. The summed E-state index contributed by atoms with van der Waals surface area (Å²) < 4.78 is 33.5. The van der Waals surface area contributed by atoms with Crippen LogP contribution in [-0.4, -0.2) is 53.4 Å². The molecule has 1 aliphatic carbocycles. The zero-order valence-electron chi connectivity index (χ0n) is 18.6. The summed E-state index contributed by atoms with van der Waals surface area (Å²) in [5, 5.41) is 18.0. The molecule has 0 aliphatic heterocycles. The Morgan fingerprint density at radius 3 is 2.61 bits per heavy atom. The molecular weight excluding hydrogens is 432 g/mol. The minimum absolute atomic E-state index is 0.0234. The highest BCUT2D eigenvalue weighted by molar-refractivity contribution is 6.07. The smallest absolute Gasteiger partial charge is 0.311 e. The Morgan fingerprint density at radius 1 is 1.27 bits per heavy atom. The zero-order chi connectivity index (χ0) is 24.0. The van der Waals surface area contributed by atoms with E-state index in [0.29, 0.717) is 18.4 Å². The van der Waals surface area contributed by atoms with Crippen molar-refractivity contribution in [1.82, 2.24) is 9.97 Å². The molecule has 1 aromatic heterocycles. The molecule has 2 aromatic rings. The van der Waals surface area contributed by atoms with Gasteiger partial charge in [0.1, 0.15) is 5.82 Å². The molecule has 1 aromatic carbocycles. The van der Waals surface area contributed by atoms with Crippen LogP contribution in [0.1, 0.15) is 43.5 Å². The molecule has 3 rings (SSSR count). The number of carbonyl (C=O) groups is 1. The van der Waals surface area contributed by atoms with Gasteiger partial charge in [0, 0.05) is 19.2 Å². The number of carboxylic acids is 1. The van der Waals surface area contributed by atoms with Crippen LogP contribution in [0.4, 0.5) is 14.6 Å². The predicted molar refractivity (Wildman–Crippen MR) is 120 cm³/mol. The van der Waals surface area contributed by atoms with Crippen LogP contribution < -0.4 is 4.90 Å². The third-order valence-electron chi connectivity index (χ3n) is 5.86. The van der Waals surface area contributed by atoms with Gasteiger partial charge in [-0.1, -0.05) is 31.0 Å². The maximum atomic E-state index is 14.5. The van der Waals surface area contributed by atoms with Gasteiger partial charge < -0.3 is 20.2 Å². The van der Waals surface area contributed by atoms with E-state index in [1.165, 1.54) is 18.1 Å². The van der Waals surface area contributed by atoms with Crippen LogP contribution in [0.5, 0.6) is 0 Å². The molecule has 0 amide bonds. The number of carboxylic acid groups (broad SMARTS) is 1. The van der Waals surface area contributed by atoms with Crippen molar-refractivity contribution < 1.29 is 23.4 Å². The average molecular weight is 459 g/mol. The molecule has 0 spiro atoms. The Hall–Kier alpha value is -3.43. The molecule has 0 bridgehead atoms. The molecule has 1 aliphatic rings. The maximum absolute atomic E-state index is 14.5. The molecule has 0 radical (unpaired) electrons. The first-order valence-corrected chi connectivity index (χ1v) is 10.6. The highest BCUT2D eigenvalue weighted by atomic mass is 19.1. The topological polar surface area (TPSA) is 112 Å². The van der Waals surface area contributed by atoms with E-state index < -0.39 is 17.2 Å². The Kier molecular flexibility index (Phi) is 7.67. The minimum Gasteiger partial charge on any atom is -0.484 e. The molecule has 176 valence electrons. The fraction of sp³-hybridized carbons (Fsp3) is 0.435. The number of halogens is 2. The highest BCUT2D eigenvalue weighted by Gasteiger charge is 2.42. The van der Waals surface area contributed by atoms with E-state index in [9.17, 15) is 18.7 Å². The average Bonchev–Trinajstić information content (AvgIpc) is 3.27. The van der Waals surface area contributed by atoms with Gasteiger partial charge in [-0.3, -0.25) is 9.79 Å². The van der Waals surface area contributed by atoms with Crippen molar-refractivity contribution in [2.45, 2.75) is 38.6 Å². The monoisotopic (exact) mass is 459 g/mol. The van der Waals surface area contributed by atoms with Gasteiger partial charge in [0.2, 0.25) is 0 Å². The molecular formula is C23H27F2N5O3. The molecule has 1 heterocycles. The lowest BCUT2D eigenvalue weighted by atomic mass is 9.86. The van der Waals surface area contributed by atoms with Gasteiger partial charge in [-0.15, -0.1) is 0 Å². The van der Waals surface area contributed by atoms with Crippen molar-refractivity contribution in [2.24, 2.45) is 10.4 Å². The number of anilines is 1. The van der Waals surface area contributed by atoms with Gasteiger partial charge in [-0.05, 0) is 18.9 Å². The number of aliphatic imine (C=N–C) groups is 1. The first kappa shape index (κ1) is 24.2. The maximum Gasteiger partial charge on any atom is 0.311 e. The first-order chi connectivity index (χ1) is 15.8. The lowest BCUT2D eigenvalue weighted by Crippen LogP contribution is -2.40. The quantitative estimate of drug-likeness (QED) is 0.435. The third-order valence-corrected chi connectivity index (χ3v) is 5.86. The van der Waals surface area contributed by atoms with Crippen molar-refractivity contribution in [2.75, 3.05) is 25.6 Å². The van der Waals surface area contributed by atoms with Gasteiger partial charge in [-0.2, -0.15) is 0 Å². The Morgan fingerprint density at radius 2 is 1.97 bits per heavy atom. The lowest BCUT2D eigenvalue weighted by molar-refractivity contribution is -0.148. The highest BCUT2D eigenvalue weighted by Crippen LogP contribution is 2.39. The van der Waals surface area contributed by atoms with E-state index >= 15 is 0 Å². The number of methoxy groups -OCH3 is 1. The summed E-state index contributed by atoms with van der Waals surface area (Å²) in [5.74, 6) is -1.90. The van der Waals surface area contributed by atoms with Crippen LogP contribution in [0.25, 0.3) is 0 Å². The standard InChI is InChI=1S/C23H27F2N5O3/c1-30(14-23(22(31)32)9-5-6-10-23)21-17(25)13-28-20(29-21)18(26)11-19(33-2)27-12-15-7-3-4-8-16(15)24/h3-4,7-8,13,26H,5-6,9-12,14H2,1-2H3,(H,31,32). The summed E-state index contributed by atoms with van der Waals surface area (Å²) >= 11 is 0. The normalized spacial score (nSPS) is 15.3. The van der Waals surface area contributed by atoms with E-state index in [4.69, 9.17) is 10.1 Å². The molecule has 0 saturated heterocycles. The SMILES string of the molecule is COC(CC(=N)c1ncc(F)c(N(C)CC2(C(=O)O)CCCC2)n1)=NCc1ccccc1F. The molecule has 1 fully saturated rings. The van der Waals surface area contributed by atoms with Gasteiger partial charge in [0.15, 0.2) is 23.4 Å². The van der Waals surface area contributed by atoms with Crippen LogP contribution >= 0.6 is 0 Å². The van der Waals surface area contributed by atoms with Crippen molar-refractivity contribution in [1.29, 1.82) is 5.41 Å². The van der Waals surface area contributed by atoms with E-state index in [0.717, 1.165) is 19.0 Å².